The normalized spacial score (nSPS) is 17.6. The van der Waals surface area contributed by atoms with Crippen LogP contribution in [0.25, 0.3) is 66.8 Å². The van der Waals surface area contributed by atoms with E-state index >= 15 is 0 Å². The largest absolute Gasteiger partial charge is 0.309 e. The molecule has 3 heterocycles. The molecular weight excluding hydrogens is 654 g/mol. The molecule has 0 saturated carbocycles. The molecule has 0 N–H and O–H groups in total. The molecule has 0 saturated heterocycles. The van der Waals surface area contributed by atoms with Crippen molar-refractivity contribution in [2.45, 2.75) is 13.3 Å². The lowest BCUT2D eigenvalue weighted by molar-refractivity contribution is 0.593. The molecule has 1 aliphatic heterocycles. The fourth-order valence-corrected chi connectivity index (χ4v) is 11.1. The lowest BCUT2D eigenvalue weighted by Crippen LogP contribution is -2.20. The Morgan fingerprint density at radius 3 is 2.12 bits per heavy atom. The van der Waals surface area contributed by atoms with Gasteiger partial charge < -0.3 is 4.57 Å². The summed E-state index contributed by atoms with van der Waals surface area (Å²) in [5.41, 5.74) is 10.4. The molecule has 2 atom stereocenters. The second-order valence-corrected chi connectivity index (χ2v) is 16.5. The molecular formula is C47H34N3OP. The summed E-state index contributed by atoms with van der Waals surface area (Å²) in [5.74, 6) is 1.09. The molecule has 0 bridgehead atoms. The van der Waals surface area contributed by atoms with E-state index in [1.54, 1.807) is 0 Å². The smallest absolute Gasteiger partial charge is 0.235 e. The van der Waals surface area contributed by atoms with Crippen LogP contribution in [0.15, 0.2) is 170 Å². The first-order chi connectivity index (χ1) is 25.6. The van der Waals surface area contributed by atoms with Crippen molar-refractivity contribution in [2.75, 3.05) is 0 Å². The van der Waals surface area contributed by atoms with E-state index in [4.69, 9.17) is 9.97 Å². The van der Waals surface area contributed by atoms with Crippen molar-refractivity contribution in [1.82, 2.24) is 14.5 Å². The van der Waals surface area contributed by atoms with Gasteiger partial charge in [0.15, 0.2) is 7.14 Å². The Kier molecular flexibility index (Phi) is 7.09. The number of rotatable bonds is 5. The molecule has 8 aromatic rings. The minimum atomic E-state index is -2.99. The molecule has 248 valence electrons. The number of hydrogen-bond acceptors (Lipinski definition) is 3. The Labute approximate surface area is 302 Å². The van der Waals surface area contributed by atoms with Crippen LogP contribution >= 0.6 is 7.14 Å². The van der Waals surface area contributed by atoms with Gasteiger partial charge in [0, 0.05) is 32.2 Å². The van der Waals surface area contributed by atoms with Crippen LogP contribution in [-0.2, 0) is 4.57 Å². The minimum Gasteiger partial charge on any atom is -0.309 e. The molecule has 2 aliphatic rings. The Hall–Kier alpha value is -6.09. The van der Waals surface area contributed by atoms with E-state index in [-0.39, 0.29) is 0 Å². The van der Waals surface area contributed by atoms with Gasteiger partial charge in [0.05, 0.1) is 22.4 Å². The third-order valence-corrected chi connectivity index (χ3v) is 13.7. The van der Waals surface area contributed by atoms with Crippen LogP contribution in [0.3, 0.4) is 0 Å². The summed E-state index contributed by atoms with van der Waals surface area (Å²) in [4.78, 5) is 10.5. The average Bonchev–Trinajstić information content (AvgIpc) is 3.68. The van der Waals surface area contributed by atoms with E-state index in [0.29, 0.717) is 11.9 Å². The number of fused-ring (bicyclic) bond motifs is 6. The van der Waals surface area contributed by atoms with Crippen molar-refractivity contribution in [3.63, 3.8) is 0 Å². The fraction of sp³-hybridized carbons (Fsp3) is 0.0638. The highest BCUT2D eigenvalue weighted by molar-refractivity contribution is 7.86. The molecule has 10 rings (SSSR count). The van der Waals surface area contributed by atoms with Crippen molar-refractivity contribution in [1.29, 1.82) is 0 Å². The molecule has 1 aliphatic carbocycles. The van der Waals surface area contributed by atoms with Crippen LogP contribution in [0.2, 0.25) is 0 Å². The van der Waals surface area contributed by atoms with Gasteiger partial charge in [-0.1, -0.05) is 140 Å². The first-order valence-corrected chi connectivity index (χ1v) is 19.5. The molecule has 2 aromatic heterocycles. The van der Waals surface area contributed by atoms with Crippen LogP contribution < -0.4 is 15.9 Å². The molecule has 52 heavy (non-hydrogen) atoms. The average molecular weight is 688 g/mol. The molecule has 0 amide bonds. The van der Waals surface area contributed by atoms with E-state index in [0.717, 1.165) is 88.9 Å². The fourth-order valence-electron chi connectivity index (χ4n) is 8.05. The summed E-state index contributed by atoms with van der Waals surface area (Å²) >= 11 is 0. The maximum Gasteiger partial charge on any atom is 0.235 e. The third kappa shape index (κ3) is 4.79. The molecule has 2 unspecified atom stereocenters. The third-order valence-electron chi connectivity index (χ3n) is 10.5. The molecule has 0 fully saturated rings. The molecule has 0 spiro atoms. The van der Waals surface area contributed by atoms with Crippen molar-refractivity contribution in [3.05, 3.63) is 176 Å². The van der Waals surface area contributed by atoms with Crippen molar-refractivity contribution < 1.29 is 4.57 Å². The Morgan fingerprint density at radius 2 is 1.27 bits per heavy atom. The zero-order valence-corrected chi connectivity index (χ0v) is 29.5. The predicted octanol–water partition coefficient (Wildman–Crippen LogP) is 10.5. The maximum atomic E-state index is 15.0. The van der Waals surface area contributed by atoms with E-state index in [1.807, 2.05) is 54.6 Å². The van der Waals surface area contributed by atoms with Crippen molar-refractivity contribution in [2.24, 2.45) is 5.92 Å². The summed E-state index contributed by atoms with van der Waals surface area (Å²) in [6, 6.07) is 52.2. The zero-order valence-electron chi connectivity index (χ0n) is 28.6. The highest BCUT2D eigenvalue weighted by atomic mass is 31.2. The Balaban J connectivity index is 1.15. The molecule has 5 heteroatoms. The van der Waals surface area contributed by atoms with Crippen LogP contribution in [-0.4, -0.2) is 14.5 Å². The molecule has 4 nitrogen and oxygen atoms in total. The van der Waals surface area contributed by atoms with E-state index in [9.17, 15) is 4.57 Å². The number of allylic oxidation sites excluding steroid dienone is 4. The quantitative estimate of drug-likeness (QED) is 0.169. The monoisotopic (exact) mass is 687 g/mol. The van der Waals surface area contributed by atoms with Gasteiger partial charge in [-0.25, -0.2) is 9.97 Å². The number of benzene rings is 6. The Morgan fingerprint density at radius 1 is 0.596 bits per heavy atom. The Bertz CT molecular complexity index is 2810. The van der Waals surface area contributed by atoms with Crippen LogP contribution in [0.5, 0.6) is 0 Å². The number of para-hydroxylation sites is 1. The second-order valence-electron chi connectivity index (χ2n) is 13.8. The van der Waals surface area contributed by atoms with E-state index < -0.39 is 7.14 Å². The van der Waals surface area contributed by atoms with Gasteiger partial charge in [-0.05, 0) is 76.6 Å². The molecule has 0 radical (unpaired) electrons. The maximum absolute atomic E-state index is 15.0. The number of nitrogens with zero attached hydrogens (tertiary/aromatic N) is 3. The minimum absolute atomic E-state index is 0.447. The van der Waals surface area contributed by atoms with E-state index in [2.05, 4.69) is 127 Å². The first kappa shape index (κ1) is 30.7. The van der Waals surface area contributed by atoms with Gasteiger partial charge in [-0.3, -0.25) is 4.57 Å². The van der Waals surface area contributed by atoms with Crippen LogP contribution in [0.4, 0.5) is 0 Å². The summed E-state index contributed by atoms with van der Waals surface area (Å²) in [6.45, 7) is 2.25. The molecule has 6 aromatic carbocycles. The lowest BCUT2D eigenvalue weighted by Gasteiger charge is -2.16. The van der Waals surface area contributed by atoms with Gasteiger partial charge in [-0.15, -0.1) is 0 Å². The number of hydrogen-bond donors (Lipinski definition) is 0. The van der Waals surface area contributed by atoms with Gasteiger partial charge >= 0.3 is 0 Å². The summed E-state index contributed by atoms with van der Waals surface area (Å²) in [5, 5.41) is 4.96. The van der Waals surface area contributed by atoms with Gasteiger partial charge in [-0.2, -0.15) is 0 Å². The van der Waals surface area contributed by atoms with Crippen LogP contribution in [0.1, 0.15) is 19.0 Å². The highest BCUT2D eigenvalue weighted by Crippen LogP contribution is 2.52. The standard InChI is InChI=1S/C47H34N3OP/c1-31-13-12-16-35(27-31)42-30-41(32-14-4-2-5-15-32)48-47(49-42)50-43-21-10-8-19-37(43)39-28-33(23-25-44(39)50)34-24-26-46-40(29-34)38-20-9-11-22-45(38)52(46,51)36-17-6-3-7-18-36/h2-12,14-31H,13H2,1H3. The van der Waals surface area contributed by atoms with E-state index in [1.165, 1.54) is 0 Å². The van der Waals surface area contributed by atoms with Crippen molar-refractivity contribution in [3.8, 4) is 39.5 Å². The highest BCUT2D eigenvalue weighted by Gasteiger charge is 2.40. The first-order valence-electron chi connectivity index (χ1n) is 17.8. The van der Waals surface area contributed by atoms with Crippen molar-refractivity contribution >= 4 is 50.4 Å². The zero-order chi connectivity index (χ0) is 34.8. The predicted molar refractivity (Wildman–Crippen MR) is 217 cm³/mol. The number of aromatic nitrogens is 3. The topological polar surface area (TPSA) is 47.8 Å². The van der Waals surface area contributed by atoms with Crippen LogP contribution in [0, 0.1) is 5.92 Å². The summed E-state index contributed by atoms with van der Waals surface area (Å²) < 4.78 is 17.2. The SMILES string of the molecule is CC1C=C(c2cc(-c3ccccc3)nc(-n3c4ccccc4c4cc(-c5ccc6c(c5)-c5ccccc5P6(=O)c5ccccc5)ccc43)n2)C=CC1. The summed E-state index contributed by atoms with van der Waals surface area (Å²) in [7, 11) is -2.99. The lowest BCUT2D eigenvalue weighted by atomic mass is 9.95. The van der Waals surface area contributed by atoms with Gasteiger partial charge in [0.2, 0.25) is 5.95 Å². The summed E-state index contributed by atoms with van der Waals surface area (Å²) in [6.07, 6.45) is 7.77. The van der Waals surface area contributed by atoms with Gasteiger partial charge in [0.25, 0.3) is 0 Å². The second kappa shape index (κ2) is 12.0. The van der Waals surface area contributed by atoms with Gasteiger partial charge in [0.1, 0.15) is 0 Å².